The molecule has 7 heteroatoms. The maximum Gasteiger partial charge on any atom is 0.272 e. The molecule has 172 valence electrons. The van der Waals surface area contributed by atoms with Gasteiger partial charge in [-0.3, -0.25) is 14.5 Å². The number of methoxy groups -OCH3 is 1. The van der Waals surface area contributed by atoms with Crippen LogP contribution in [0.4, 0.5) is 0 Å². The summed E-state index contributed by atoms with van der Waals surface area (Å²) in [5.41, 5.74) is 5.93. The summed E-state index contributed by atoms with van der Waals surface area (Å²) in [6, 6.07) is 12.0. The van der Waals surface area contributed by atoms with Gasteiger partial charge in [0, 0.05) is 30.4 Å². The minimum Gasteiger partial charge on any atom is -0.497 e. The minimum absolute atomic E-state index is 0.0637. The number of rotatable bonds is 5. The SMILES string of the molecule is CCn1nc2c(c1C(=O)N1CCO[C@H](c3ccc(-c4cccc(OC)c4)cn3)C1)CCCC2. The van der Waals surface area contributed by atoms with Crippen molar-refractivity contribution in [1.82, 2.24) is 19.7 Å². The van der Waals surface area contributed by atoms with Crippen LogP contribution >= 0.6 is 0 Å². The number of ether oxygens (including phenoxy) is 2. The molecule has 0 spiro atoms. The average molecular weight is 447 g/mol. The fourth-order valence-corrected chi connectivity index (χ4v) is 4.81. The van der Waals surface area contributed by atoms with E-state index >= 15 is 0 Å². The first-order valence-electron chi connectivity index (χ1n) is 11.8. The molecule has 1 aliphatic heterocycles. The Hall–Kier alpha value is -3.19. The number of carbonyl (C=O) groups is 1. The van der Waals surface area contributed by atoms with Crippen molar-refractivity contribution in [2.75, 3.05) is 26.8 Å². The lowest BCUT2D eigenvalue weighted by Gasteiger charge is -2.33. The van der Waals surface area contributed by atoms with Crippen LogP contribution in [0.2, 0.25) is 0 Å². The van der Waals surface area contributed by atoms with Gasteiger partial charge in [-0.2, -0.15) is 5.10 Å². The van der Waals surface area contributed by atoms with Crippen molar-refractivity contribution in [3.63, 3.8) is 0 Å². The number of aromatic nitrogens is 3. The standard InChI is InChI=1S/C26H30N4O3/c1-3-30-25(21-9-4-5-10-22(21)28-30)26(31)29-13-14-33-24(17-29)23-12-11-19(16-27-23)18-7-6-8-20(15-18)32-2/h6-8,11-12,15-16,24H,3-5,9-10,13-14,17H2,1-2H3/t24-/m0/s1. The summed E-state index contributed by atoms with van der Waals surface area (Å²) in [5.74, 6) is 0.878. The molecule has 1 aromatic carbocycles. The van der Waals surface area contributed by atoms with Gasteiger partial charge in [0.2, 0.25) is 0 Å². The highest BCUT2D eigenvalue weighted by Gasteiger charge is 2.32. The Morgan fingerprint density at radius 1 is 1.18 bits per heavy atom. The van der Waals surface area contributed by atoms with E-state index in [2.05, 4.69) is 4.98 Å². The van der Waals surface area contributed by atoms with E-state index in [-0.39, 0.29) is 12.0 Å². The van der Waals surface area contributed by atoms with Crippen molar-refractivity contribution in [1.29, 1.82) is 0 Å². The molecule has 1 amide bonds. The smallest absolute Gasteiger partial charge is 0.272 e. The first-order chi connectivity index (χ1) is 16.2. The fraction of sp³-hybridized carbons (Fsp3) is 0.423. The van der Waals surface area contributed by atoms with E-state index in [1.54, 1.807) is 7.11 Å². The van der Waals surface area contributed by atoms with E-state index < -0.39 is 0 Å². The third kappa shape index (κ3) is 4.25. The Morgan fingerprint density at radius 3 is 2.85 bits per heavy atom. The number of hydrogen-bond donors (Lipinski definition) is 0. The zero-order valence-electron chi connectivity index (χ0n) is 19.3. The van der Waals surface area contributed by atoms with Crippen LogP contribution in [0.1, 0.15) is 53.3 Å². The van der Waals surface area contributed by atoms with Gasteiger partial charge in [-0.15, -0.1) is 0 Å². The van der Waals surface area contributed by atoms with Gasteiger partial charge >= 0.3 is 0 Å². The van der Waals surface area contributed by atoms with Crippen LogP contribution in [0.3, 0.4) is 0 Å². The highest BCUT2D eigenvalue weighted by Crippen LogP contribution is 2.29. The summed E-state index contributed by atoms with van der Waals surface area (Å²) in [4.78, 5) is 20.1. The molecule has 0 saturated carbocycles. The summed E-state index contributed by atoms with van der Waals surface area (Å²) >= 11 is 0. The predicted molar refractivity (Wildman–Crippen MR) is 125 cm³/mol. The molecule has 33 heavy (non-hydrogen) atoms. The maximum absolute atomic E-state index is 13.6. The quantitative estimate of drug-likeness (QED) is 0.591. The molecule has 2 aliphatic rings. The number of aryl methyl sites for hydroxylation is 2. The molecule has 3 aromatic rings. The molecule has 1 atom stereocenters. The van der Waals surface area contributed by atoms with Gasteiger partial charge in [0.25, 0.3) is 5.91 Å². The zero-order valence-corrected chi connectivity index (χ0v) is 19.3. The maximum atomic E-state index is 13.6. The van der Waals surface area contributed by atoms with Gasteiger partial charge in [0.1, 0.15) is 17.5 Å². The molecule has 2 aromatic heterocycles. The van der Waals surface area contributed by atoms with Crippen molar-refractivity contribution >= 4 is 5.91 Å². The lowest BCUT2D eigenvalue weighted by molar-refractivity contribution is -0.0251. The Bertz CT molecular complexity index is 1140. The molecule has 5 rings (SSSR count). The first kappa shape index (κ1) is 21.6. The number of benzene rings is 1. The fourth-order valence-electron chi connectivity index (χ4n) is 4.81. The summed E-state index contributed by atoms with van der Waals surface area (Å²) in [6.45, 7) is 4.33. The van der Waals surface area contributed by atoms with Gasteiger partial charge in [0.15, 0.2) is 0 Å². The molecule has 1 fully saturated rings. The number of morpholine rings is 1. The van der Waals surface area contributed by atoms with E-state index in [4.69, 9.17) is 14.6 Å². The summed E-state index contributed by atoms with van der Waals surface area (Å²) in [5, 5.41) is 4.73. The van der Waals surface area contributed by atoms with E-state index in [0.717, 1.165) is 65.2 Å². The van der Waals surface area contributed by atoms with Gasteiger partial charge in [-0.25, -0.2) is 0 Å². The molecule has 1 aliphatic carbocycles. The molecule has 0 N–H and O–H groups in total. The van der Waals surface area contributed by atoms with Crippen molar-refractivity contribution in [2.24, 2.45) is 0 Å². The minimum atomic E-state index is -0.240. The number of pyridine rings is 1. The van der Waals surface area contributed by atoms with E-state index in [1.807, 2.05) is 59.1 Å². The monoisotopic (exact) mass is 446 g/mol. The predicted octanol–water partition coefficient (Wildman–Crippen LogP) is 4.07. The zero-order chi connectivity index (χ0) is 22.8. The number of fused-ring (bicyclic) bond motifs is 1. The Balaban J connectivity index is 1.34. The van der Waals surface area contributed by atoms with Crippen molar-refractivity contribution in [3.05, 3.63) is 65.2 Å². The number of amides is 1. The van der Waals surface area contributed by atoms with Crippen LogP contribution < -0.4 is 4.74 Å². The van der Waals surface area contributed by atoms with E-state index in [1.165, 1.54) is 0 Å². The van der Waals surface area contributed by atoms with Crippen molar-refractivity contribution < 1.29 is 14.3 Å². The second kappa shape index (κ2) is 9.35. The molecular weight excluding hydrogens is 416 g/mol. The molecule has 7 nitrogen and oxygen atoms in total. The summed E-state index contributed by atoms with van der Waals surface area (Å²) < 4.78 is 13.2. The lowest BCUT2D eigenvalue weighted by atomic mass is 9.95. The van der Waals surface area contributed by atoms with Gasteiger partial charge < -0.3 is 14.4 Å². The van der Waals surface area contributed by atoms with Crippen LogP contribution in [0, 0.1) is 0 Å². The Morgan fingerprint density at radius 2 is 2.06 bits per heavy atom. The number of carbonyl (C=O) groups excluding carboxylic acids is 1. The normalized spacial score (nSPS) is 18.1. The molecular formula is C26H30N4O3. The second-order valence-electron chi connectivity index (χ2n) is 8.61. The molecule has 1 saturated heterocycles. The largest absolute Gasteiger partial charge is 0.497 e. The van der Waals surface area contributed by atoms with E-state index in [0.29, 0.717) is 26.2 Å². The van der Waals surface area contributed by atoms with Crippen molar-refractivity contribution in [2.45, 2.75) is 45.3 Å². The number of hydrogen-bond acceptors (Lipinski definition) is 5. The van der Waals surface area contributed by atoms with Crippen LogP contribution in [-0.4, -0.2) is 52.4 Å². The average Bonchev–Trinajstić information content (AvgIpc) is 3.27. The van der Waals surface area contributed by atoms with Crippen LogP contribution in [0.5, 0.6) is 5.75 Å². The highest BCUT2D eigenvalue weighted by molar-refractivity contribution is 5.94. The van der Waals surface area contributed by atoms with Crippen LogP contribution in [0.25, 0.3) is 11.1 Å². The van der Waals surface area contributed by atoms with E-state index in [9.17, 15) is 4.79 Å². The summed E-state index contributed by atoms with van der Waals surface area (Å²) in [7, 11) is 1.66. The van der Waals surface area contributed by atoms with Crippen LogP contribution in [0.15, 0.2) is 42.6 Å². The van der Waals surface area contributed by atoms with Gasteiger partial charge in [0.05, 0.1) is 31.6 Å². The highest BCUT2D eigenvalue weighted by atomic mass is 16.5. The van der Waals surface area contributed by atoms with Gasteiger partial charge in [-0.05, 0) is 56.4 Å². The molecule has 0 radical (unpaired) electrons. The Kier molecular flexibility index (Phi) is 6.13. The topological polar surface area (TPSA) is 69.5 Å². The third-order valence-electron chi connectivity index (χ3n) is 6.60. The first-order valence-corrected chi connectivity index (χ1v) is 11.8. The number of nitrogens with zero attached hydrogens (tertiary/aromatic N) is 4. The second-order valence-corrected chi connectivity index (χ2v) is 8.61. The summed E-state index contributed by atoms with van der Waals surface area (Å²) in [6.07, 6.45) is 5.80. The Labute approximate surface area is 194 Å². The lowest BCUT2D eigenvalue weighted by Crippen LogP contribution is -2.43. The third-order valence-corrected chi connectivity index (χ3v) is 6.60. The van der Waals surface area contributed by atoms with Gasteiger partial charge in [-0.1, -0.05) is 18.2 Å². The van der Waals surface area contributed by atoms with Crippen molar-refractivity contribution in [3.8, 4) is 16.9 Å². The molecule has 0 bridgehead atoms. The van der Waals surface area contributed by atoms with Crippen LogP contribution in [-0.2, 0) is 24.1 Å². The molecule has 3 heterocycles. The molecule has 0 unspecified atom stereocenters.